The molecule has 1 atom stereocenters. The zero-order chi connectivity index (χ0) is 12.0. The number of benzene rings is 1. The van der Waals surface area contributed by atoms with Gasteiger partial charge in [-0.2, -0.15) is 0 Å². The van der Waals surface area contributed by atoms with E-state index in [2.05, 4.69) is 0 Å². The van der Waals surface area contributed by atoms with Crippen LogP contribution in [0.2, 0.25) is 0 Å². The van der Waals surface area contributed by atoms with E-state index >= 15 is 0 Å². The molecule has 0 aliphatic heterocycles. The second-order valence-electron chi connectivity index (χ2n) is 3.23. The number of carbonyl (C=O) groups is 1. The summed E-state index contributed by atoms with van der Waals surface area (Å²) in [6, 6.07) is 7.07. The van der Waals surface area contributed by atoms with Crippen LogP contribution in [-0.4, -0.2) is 23.8 Å². The molecule has 0 unspecified atom stereocenters. The van der Waals surface area contributed by atoms with Gasteiger partial charge in [-0.25, -0.2) is 4.79 Å². The second kappa shape index (κ2) is 6.00. The maximum Gasteiger partial charge on any atom is 0.344 e. The molecule has 1 rings (SSSR count). The molecule has 0 saturated heterocycles. The van der Waals surface area contributed by atoms with Crippen molar-refractivity contribution in [3.63, 3.8) is 0 Å². The van der Waals surface area contributed by atoms with E-state index in [1.54, 1.807) is 25.1 Å². The van der Waals surface area contributed by atoms with Gasteiger partial charge in [-0.15, -0.1) is 0 Å². The van der Waals surface area contributed by atoms with Crippen LogP contribution < -0.4 is 9.47 Å². The monoisotopic (exact) mass is 224 g/mol. The maximum absolute atomic E-state index is 10.8. The molecule has 0 aliphatic rings. The molecular formula is C12H16O4. The number of hydrogen-bond acceptors (Lipinski definition) is 3. The minimum absolute atomic E-state index is 0.412. The summed E-state index contributed by atoms with van der Waals surface area (Å²) < 4.78 is 10.7. The molecule has 16 heavy (non-hydrogen) atoms. The van der Waals surface area contributed by atoms with Crippen LogP contribution in [-0.2, 0) is 4.79 Å². The second-order valence-corrected chi connectivity index (χ2v) is 3.23. The normalized spacial score (nSPS) is 11.9. The van der Waals surface area contributed by atoms with Crippen LogP contribution in [0.25, 0.3) is 0 Å². The van der Waals surface area contributed by atoms with Crippen molar-refractivity contribution >= 4 is 5.97 Å². The lowest BCUT2D eigenvalue weighted by atomic mass is 10.2. The summed E-state index contributed by atoms with van der Waals surface area (Å²) in [5.41, 5.74) is 0. The first kappa shape index (κ1) is 12.4. The van der Waals surface area contributed by atoms with Crippen LogP contribution >= 0.6 is 0 Å². The Hall–Kier alpha value is -1.71. The smallest absolute Gasteiger partial charge is 0.344 e. The van der Waals surface area contributed by atoms with Crippen molar-refractivity contribution in [1.29, 1.82) is 0 Å². The fourth-order valence-corrected chi connectivity index (χ4v) is 1.28. The van der Waals surface area contributed by atoms with Gasteiger partial charge in [0.05, 0.1) is 6.61 Å². The molecule has 1 aromatic rings. The van der Waals surface area contributed by atoms with Gasteiger partial charge >= 0.3 is 5.97 Å². The van der Waals surface area contributed by atoms with E-state index < -0.39 is 12.1 Å². The fraction of sp³-hybridized carbons (Fsp3) is 0.417. The van der Waals surface area contributed by atoms with Crippen molar-refractivity contribution < 1.29 is 19.4 Å². The Morgan fingerprint density at radius 1 is 1.31 bits per heavy atom. The molecule has 0 fully saturated rings. The first-order chi connectivity index (χ1) is 7.69. The van der Waals surface area contributed by atoms with E-state index in [1.807, 2.05) is 13.0 Å². The summed E-state index contributed by atoms with van der Waals surface area (Å²) in [4.78, 5) is 10.8. The highest BCUT2D eigenvalue weighted by Crippen LogP contribution is 2.27. The minimum Gasteiger partial charge on any atom is -0.490 e. The third-order valence-corrected chi connectivity index (χ3v) is 2.06. The first-order valence-electron chi connectivity index (χ1n) is 5.30. The molecule has 0 radical (unpaired) electrons. The van der Waals surface area contributed by atoms with Crippen LogP contribution in [0.3, 0.4) is 0 Å². The van der Waals surface area contributed by atoms with Crippen molar-refractivity contribution in [3.8, 4) is 11.5 Å². The van der Waals surface area contributed by atoms with Crippen molar-refractivity contribution in [2.45, 2.75) is 26.4 Å². The Morgan fingerprint density at radius 2 is 1.94 bits per heavy atom. The summed E-state index contributed by atoms with van der Waals surface area (Å²) in [5.74, 6) is 0.0806. The molecule has 4 nitrogen and oxygen atoms in total. The SMILES string of the molecule is CCOc1ccccc1O[C@H](CC)C(=O)O. The zero-order valence-electron chi connectivity index (χ0n) is 9.47. The van der Waals surface area contributed by atoms with Gasteiger partial charge in [-0.05, 0) is 25.5 Å². The van der Waals surface area contributed by atoms with E-state index in [-0.39, 0.29) is 0 Å². The van der Waals surface area contributed by atoms with Crippen LogP contribution in [0.5, 0.6) is 11.5 Å². The average Bonchev–Trinajstić information content (AvgIpc) is 2.27. The molecular weight excluding hydrogens is 208 g/mol. The fourth-order valence-electron chi connectivity index (χ4n) is 1.28. The third-order valence-electron chi connectivity index (χ3n) is 2.06. The topological polar surface area (TPSA) is 55.8 Å². The molecule has 0 heterocycles. The van der Waals surface area contributed by atoms with Crippen LogP contribution in [0.1, 0.15) is 20.3 Å². The quantitative estimate of drug-likeness (QED) is 0.805. The molecule has 0 aromatic heterocycles. The number of hydrogen-bond donors (Lipinski definition) is 1. The van der Waals surface area contributed by atoms with Crippen molar-refractivity contribution in [2.75, 3.05) is 6.61 Å². The molecule has 4 heteroatoms. The number of carboxylic acids is 1. The van der Waals surface area contributed by atoms with E-state index in [0.29, 0.717) is 24.5 Å². The molecule has 0 spiro atoms. The molecule has 0 saturated carbocycles. The molecule has 0 aliphatic carbocycles. The van der Waals surface area contributed by atoms with Gasteiger partial charge in [-0.3, -0.25) is 0 Å². The first-order valence-corrected chi connectivity index (χ1v) is 5.30. The van der Waals surface area contributed by atoms with Crippen molar-refractivity contribution in [1.82, 2.24) is 0 Å². The van der Waals surface area contributed by atoms with Crippen molar-refractivity contribution in [2.24, 2.45) is 0 Å². The lowest BCUT2D eigenvalue weighted by Crippen LogP contribution is -2.26. The Balaban J connectivity index is 2.82. The average molecular weight is 224 g/mol. The van der Waals surface area contributed by atoms with Crippen LogP contribution in [0, 0.1) is 0 Å². The van der Waals surface area contributed by atoms with E-state index in [0.717, 1.165) is 0 Å². The van der Waals surface area contributed by atoms with Gasteiger partial charge < -0.3 is 14.6 Å². The predicted molar refractivity (Wildman–Crippen MR) is 60.0 cm³/mol. The number of ether oxygens (including phenoxy) is 2. The Labute approximate surface area is 94.8 Å². The summed E-state index contributed by atoms with van der Waals surface area (Å²) >= 11 is 0. The summed E-state index contributed by atoms with van der Waals surface area (Å²) in [6.07, 6.45) is -0.419. The molecule has 1 N–H and O–H groups in total. The minimum atomic E-state index is -0.964. The zero-order valence-corrected chi connectivity index (χ0v) is 9.47. The molecule has 0 amide bonds. The van der Waals surface area contributed by atoms with Crippen LogP contribution in [0.4, 0.5) is 0 Å². The summed E-state index contributed by atoms with van der Waals surface area (Å²) in [7, 11) is 0. The summed E-state index contributed by atoms with van der Waals surface area (Å²) in [5, 5.41) is 8.89. The van der Waals surface area contributed by atoms with Gasteiger partial charge in [0.25, 0.3) is 0 Å². The molecule has 1 aromatic carbocycles. The summed E-state index contributed by atoms with van der Waals surface area (Å²) in [6.45, 7) is 4.15. The lowest BCUT2D eigenvalue weighted by Gasteiger charge is -2.15. The standard InChI is InChI=1S/C12H16O4/c1-3-9(12(13)14)16-11-8-6-5-7-10(11)15-4-2/h5-9H,3-4H2,1-2H3,(H,13,14)/t9-/m1/s1. The van der Waals surface area contributed by atoms with Gasteiger partial charge in [0.15, 0.2) is 17.6 Å². The molecule has 0 bridgehead atoms. The Kier molecular flexibility index (Phi) is 4.64. The van der Waals surface area contributed by atoms with Gasteiger partial charge in [-0.1, -0.05) is 19.1 Å². The molecule has 88 valence electrons. The highest BCUT2D eigenvalue weighted by atomic mass is 16.5. The number of para-hydroxylation sites is 2. The number of aliphatic carboxylic acids is 1. The van der Waals surface area contributed by atoms with Gasteiger partial charge in [0.2, 0.25) is 0 Å². The van der Waals surface area contributed by atoms with Crippen molar-refractivity contribution in [3.05, 3.63) is 24.3 Å². The lowest BCUT2D eigenvalue weighted by molar-refractivity contribution is -0.145. The number of carboxylic acid groups (broad SMARTS) is 1. The van der Waals surface area contributed by atoms with E-state index in [4.69, 9.17) is 14.6 Å². The van der Waals surface area contributed by atoms with E-state index in [1.165, 1.54) is 0 Å². The predicted octanol–water partition coefficient (Wildman–Crippen LogP) is 2.33. The Bertz CT molecular complexity index is 349. The third kappa shape index (κ3) is 3.15. The highest BCUT2D eigenvalue weighted by molar-refractivity contribution is 5.72. The van der Waals surface area contributed by atoms with Crippen LogP contribution in [0.15, 0.2) is 24.3 Å². The van der Waals surface area contributed by atoms with Gasteiger partial charge in [0, 0.05) is 0 Å². The Morgan fingerprint density at radius 3 is 2.44 bits per heavy atom. The highest BCUT2D eigenvalue weighted by Gasteiger charge is 2.18. The van der Waals surface area contributed by atoms with E-state index in [9.17, 15) is 4.79 Å². The largest absolute Gasteiger partial charge is 0.490 e. The maximum atomic E-state index is 10.8. The van der Waals surface area contributed by atoms with Gasteiger partial charge in [0.1, 0.15) is 0 Å². The number of rotatable bonds is 6.